The molecule has 18 heavy (non-hydrogen) atoms. The Morgan fingerprint density at radius 2 is 2.44 bits per heavy atom. The summed E-state index contributed by atoms with van der Waals surface area (Å²) in [6.07, 6.45) is 2.80. The van der Waals surface area contributed by atoms with Gasteiger partial charge in [0, 0.05) is 24.7 Å². The van der Waals surface area contributed by atoms with Crippen LogP contribution in [0.25, 0.3) is 0 Å². The summed E-state index contributed by atoms with van der Waals surface area (Å²) in [5.74, 6) is 2.77. The van der Waals surface area contributed by atoms with Crippen LogP contribution in [0.4, 0.5) is 5.82 Å². The molecule has 0 radical (unpaired) electrons. The molecule has 1 aromatic rings. The van der Waals surface area contributed by atoms with Crippen LogP contribution in [0.3, 0.4) is 0 Å². The first kappa shape index (κ1) is 14.0. The van der Waals surface area contributed by atoms with E-state index in [0.29, 0.717) is 6.10 Å². The summed E-state index contributed by atoms with van der Waals surface area (Å²) in [6.45, 7) is 3.85. The van der Waals surface area contributed by atoms with Crippen LogP contribution in [0.5, 0.6) is 0 Å². The maximum absolute atomic E-state index is 6.16. The van der Waals surface area contributed by atoms with E-state index in [4.69, 9.17) is 16.3 Å². The van der Waals surface area contributed by atoms with E-state index in [1.807, 2.05) is 23.9 Å². The maximum Gasteiger partial charge on any atom is 0.126 e. The van der Waals surface area contributed by atoms with E-state index < -0.39 is 0 Å². The molecule has 5 heteroatoms. The molecule has 1 N–H and O–H groups in total. The van der Waals surface area contributed by atoms with Crippen molar-refractivity contribution in [3.63, 3.8) is 0 Å². The summed E-state index contributed by atoms with van der Waals surface area (Å²) in [6, 6.07) is 3.83. The van der Waals surface area contributed by atoms with Crippen LogP contribution in [0.15, 0.2) is 12.1 Å². The first-order valence-corrected chi connectivity index (χ1v) is 7.91. The zero-order valence-corrected chi connectivity index (χ0v) is 12.2. The number of nitrogens with one attached hydrogen (secondary N) is 1. The van der Waals surface area contributed by atoms with Crippen molar-refractivity contribution in [3.05, 3.63) is 22.8 Å². The Balaban J connectivity index is 1.85. The molecule has 1 saturated heterocycles. The van der Waals surface area contributed by atoms with Crippen LogP contribution in [0, 0.1) is 0 Å². The average molecular weight is 287 g/mol. The van der Waals surface area contributed by atoms with Gasteiger partial charge in [0.1, 0.15) is 5.82 Å². The Bertz CT molecular complexity index is 383. The van der Waals surface area contributed by atoms with Gasteiger partial charge < -0.3 is 10.1 Å². The largest absolute Gasteiger partial charge is 0.377 e. The standard InChI is InChI=1S/C13H19ClN2OS/c1-2-15-13-6-5-11(14)12(16-13)9-18-8-10-4-3-7-17-10/h5-6,10H,2-4,7-9H2,1H3,(H,15,16). The summed E-state index contributed by atoms with van der Waals surface area (Å²) in [7, 11) is 0. The van der Waals surface area contributed by atoms with Gasteiger partial charge >= 0.3 is 0 Å². The highest BCUT2D eigenvalue weighted by molar-refractivity contribution is 7.98. The molecule has 0 amide bonds. The maximum atomic E-state index is 6.16. The van der Waals surface area contributed by atoms with E-state index >= 15 is 0 Å². The van der Waals surface area contributed by atoms with Crippen LogP contribution in [0.2, 0.25) is 5.02 Å². The third kappa shape index (κ3) is 4.04. The number of rotatable bonds is 6. The highest BCUT2D eigenvalue weighted by atomic mass is 35.5. The van der Waals surface area contributed by atoms with E-state index in [1.54, 1.807) is 0 Å². The van der Waals surface area contributed by atoms with Crippen LogP contribution < -0.4 is 5.32 Å². The minimum atomic E-state index is 0.422. The second kappa shape index (κ2) is 7.22. The minimum Gasteiger partial charge on any atom is -0.377 e. The van der Waals surface area contributed by atoms with Crippen molar-refractivity contribution in [1.29, 1.82) is 0 Å². The lowest BCUT2D eigenvalue weighted by Crippen LogP contribution is -2.08. The molecular weight excluding hydrogens is 268 g/mol. The number of aromatic nitrogens is 1. The monoisotopic (exact) mass is 286 g/mol. The van der Waals surface area contributed by atoms with Crippen molar-refractivity contribution in [2.45, 2.75) is 31.6 Å². The molecule has 0 bridgehead atoms. The minimum absolute atomic E-state index is 0.422. The molecular formula is C13H19ClN2OS. The van der Waals surface area contributed by atoms with Crippen molar-refractivity contribution in [2.24, 2.45) is 0 Å². The van der Waals surface area contributed by atoms with Crippen molar-refractivity contribution in [3.8, 4) is 0 Å². The first-order valence-electron chi connectivity index (χ1n) is 6.38. The lowest BCUT2D eigenvalue weighted by Gasteiger charge is -2.10. The predicted molar refractivity (Wildman–Crippen MR) is 78.5 cm³/mol. The van der Waals surface area contributed by atoms with Crippen molar-refractivity contribution >= 4 is 29.2 Å². The van der Waals surface area contributed by atoms with Gasteiger partial charge in [-0.2, -0.15) is 11.8 Å². The molecule has 1 atom stereocenters. The number of pyridine rings is 1. The van der Waals surface area contributed by atoms with E-state index in [2.05, 4.69) is 17.2 Å². The average Bonchev–Trinajstić information content (AvgIpc) is 2.86. The molecule has 1 aromatic heterocycles. The zero-order valence-electron chi connectivity index (χ0n) is 10.6. The van der Waals surface area contributed by atoms with E-state index in [0.717, 1.165) is 41.2 Å². The molecule has 1 unspecified atom stereocenters. The van der Waals surface area contributed by atoms with Crippen LogP contribution in [-0.2, 0) is 10.5 Å². The van der Waals surface area contributed by atoms with E-state index in [-0.39, 0.29) is 0 Å². The third-order valence-corrected chi connectivity index (χ3v) is 4.27. The number of hydrogen-bond donors (Lipinski definition) is 1. The molecule has 2 rings (SSSR count). The number of hydrogen-bond acceptors (Lipinski definition) is 4. The summed E-state index contributed by atoms with van der Waals surface area (Å²) >= 11 is 8.00. The number of halogens is 1. The van der Waals surface area contributed by atoms with Crippen molar-refractivity contribution in [1.82, 2.24) is 4.98 Å². The number of thioether (sulfide) groups is 1. The zero-order chi connectivity index (χ0) is 12.8. The number of anilines is 1. The third-order valence-electron chi connectivity index (χ3n) is 2.84. The van der Waals surface area contributed by atoms with E-state index in [1.165, 1.54) is 12.8 Å². The second-order valence-electron chi connectivity index (χ2n) is 4.31. The molecule has 0 aromatic carbocycles. The fourth-order valence-corrected chi connectivity index (χ4v) is 3.24. The predicted octanol–water partition coefficient (Wildman–Crippen LogP) is 3.58. The van der Waals surface area contributed by atoms with Crippen LogP contribution >= 0.6 is 23.4 Å². The fourth-order valence-electron chi connectivity index (χ4n) is 1.93. The molecule has 1 aliphatic rings. The van der Waals surface area contributed by atoms with Crippen LogP contribution in [0.1, 0.15) is 25.5 Å². The van der Waals surface area contributed by atoms with Gasteiger partial charge in [-0.25, -0.2) is 4.98 Å². The quantitative estimate of drug-likeness (QED) is 0.867. The molecule has 0 saturated carbocycles. The highest BCUT2D eigenvalue weighted by Gasteiger charge is 2.15. The molecule has 0 spiro atoms. The Morgan fingerprint density at radius 3 is 3.17 bits per heavy atom. The summed E-state index contributed by atoms with van der Waals surface area (Å²) < 4.78 is 5.60. The lowest BCUT2D eigenvalue weighted by molar-refractivity contribution is 0.129. The highest BCUT2D eigenvalue weighted by Crippen LogP contribution is 2.24. The molecule has 1 aliphatic heterocycles. The van der Waals surface area contributed by atoms with Gasteiger partial charge in [0.2, 0.25) is 0 Å². The van der Waals surface area contributed by atoms with Gasteiger partial charge in [0.25, 0.3) is 0 Å². The van der Waals surface area contributed by atoms with Crippen LogP contribution in [-0.4, -0.2) is 30.0 Å². The summed E-state index contributed by atoms with van der Waals surface area (Å²) in [4.78, 5) is 4.52. The summed E-state index contributed by atoms with van der Waals surface area (Å²) in [5, 5.41) is 3.95. The van der Waals surface area contributed by atoms with Gasteiger partial charge in [-0.1, -0.05) is 11.6 Å². The smallest absolute Gasteiger partial charge is 0.126 e. The van der Waals surface area contributed by atoms with Gasteiger partial charge in [-0.05, 0) is 31.9 Å². The first-order chi connectivity index (χ1) is 8.79. The molecule has 3 nitrogen and oxygen atoms in total. The van der Waals surface area contributed by atoms with Crippen molar-refractivity contribution in [2.75, 3.05) is 24.2 Å². The Morgan fingerprint density at radius 1 is 1.56 bits per heavy atom. The second-order valence-corrected chi connectivity index (χ2v) is 5.74. The Hall–Kier alpha value is -0.450. The topological polar surface area (TPSA) is 34.1 Å². The van der Waals surface area contributed by atoms with E-state index in [9.17, 15) is 0 Å². The van der Waals surface area contributed by atoms with Gasteiger partial charge in [-0.15, -0.1) is 0 Å². The normalized spacial score (nSPS) is 19.1. The number of ether oxygens (including phenoxy) is 1. The SMILES string of the molecule is CCNc1ccc(Cl)c(CSCC2CCCO2)n1. The Labute approximate surface area is 118 Å². The molecule has 0 aliphatic carbocycles. The summed E-state index contributed by atoms with van der Waals surface area (Å²) in [5.41, 5.74) is 0.957. The Kier molecular flexibility index (Phi) is 5.60. The fraction of sp³-hybridized carbons (Fsp3) is 0.615. The molecule has 1 fully saturated rings. The van der Waals surface area contributed by atoms with Crippen molar-refractivity contribution < 1.29 is 4.74 Å². The van der Waals surface area contributed by atoms with Gasteiger partial charge in [-0.3, -0.25) is 0 Å². The molecule has 2 heterocycles. The number of nitrogens with zero attached hydrogens (tertiary/aromatic N) is 1. The van der Waals surface area contributed by atoms with Gasteiger partial charge in [0.15, 0.2) is 0 Å². The lowest BCUT2D eigenvalue weighted by atomic mass is 10.3. The van der Waals surface area contributed by atoms with Gasteiger partial charge in [0.05, 0.1) is 16.8 Å². The molecule has 100 valence electrons.